The molecule has 0 fully saturated rings. The van der Waals surface area contributed by atoms with E-state index in [4.69, 9.17) is 0 Å². The van der Waals surface area contributed by atoms with Gasteiger partial charge in [-0.15, -0.1) is 0 Å². The van der Waals surface area contributed by atoms with E-state index >= 15 is 0 Å². The minimum Gasteiger partial charge on any atom is -0.465 e. The number of ether oxygens (including phenoxy) is 1. The van der Waals surface area contributed by atoms with E-state index in [1.807, 2.05) is 6.08 Å². The predicted octanol–water partition coefficient (Wildman–Crippen LogP) is 2.16. The van der Waals surface area contributed by atoms with Crippen LogP contribution in [0.25, 0.3) is 6.08 Å². The molecule has 5 heteroatoms. The molecule has 0 bridgehead atoms. The van der Waals surface area contributed by atoms with Gasteiger partial charge in [-0.2, -0.15) is 0 Å². The smallest absolute Gasteiger partial charge is 0.338 e. The fourth-order valence-electron chi connectivity index (χ4n) is 1.18. The maximum atomic E-state index is 11.4. The lowest BCUT2D eigenvalue weighted by Crippen LogP contribution is -2.03. The molecule has 0 aliphatic carbocycles. The summed E-state index contributed by atoms with van der Waals surface area (Å²) in [5, 5.41) is 0.0639. The Kier molecular flexibility index (Phi) is 5.42. The topological polar surface area (TPSA) is 56.3 Å². The van der Waals surface area contributed by atoms with Gasteiger partial charge in [0.05, 0.1) is 12.7 Å². The van der Waals surface area contributed by atoms with Crippen molar-refractivity contribution in [3.05, 3.63) is 35.7 Å². The van der Waals surface area contributed by atoms with E-state index in [1.54, 1.807) is 18.3 Å². The second-order valence-electron chi connectivity index (χ2n) is 3.16. The molecular weight excluding hydrogens is 238 g/mol. The molecule has 0 unspecified atom stereocenters. The van der Waals surface area contributed by atoms with Gasteiger partial charge in [0.15, 0.2) is 5.12 Å². The molecule has 1 aromatic rings. The van der Waals surface area contributed by atoms with E-state index < -0.39 is 5.97 Å². The Balaban J connectivity index is 2.76. The van der Waals surface area contributed by atoms with Gasteiger partial charge in [-0.25, -0.2) is 4.79 Å². The molecule has 0 aromatic carbocycles. The first kappa shape index (κ1) is 13.4. The molecule has 1 aromatic heterocycles. The van der Waals surface area contributed by atoms with Crippen LogP contribution in [0.15, 0.2) is 24.5 Å². The van der Waals surface area contributed by atoms with E-state index in [-0.39, 0.29) is 5.12 Å². The zero-order valence-electron chi connectivity index (χ0n) is 9.67. The van der Waals surface area contributed by atoms with Gasteiger partial charge in [-0.3, -0.25) is 9.78 Å². The number of aromatic nitrogens is 1. The summed E-state index contributed by atoms with van der Waals surface area (Å²) in [6.45, 7) is 1.52. The van der Waals surface area contributed by atoms with Crippen molar-refractivity contribution in [3.63, 3.8) is 0 Å². The number of carbonyl (C=O) groups excluding carboxylic acids is 2. The van der Waals surface area contributed by atoms with Crippen LogP contribution in [0.2, 0.25) is 0 Å². The predicted molar refractivity (Wildman–Crippen MR) is 67.7 cm³/mol. The van der Waals surface area contributed by atoms with Crippen LogP contribution in [-0.4, -0.2) is 28.9 Å². The Labute approximate surface area is 104 Å². The molecule has 0 spiro atoms. The van der Waals surface area contributed by atoms with Crippen molar-refractivity contribution in [1.29, 1.82) is 0 Å². The number of pyridine rings is 1. The van der Waals surface area contributed by atoms with Gasteiger partial charge in [0.1, 0.15) is 0 Å². The van der Waals surface area contributed by atoms with Crippen molar-refractivity contribution in [3.8, 4) is 0 Å². The Bertz CT molecular complexity index is 443. The summed E-state index contributed by atoms with van der Waals surface area (Å²) in [5.74, 6) is 0.177. The minimum atomic E-state index is -0.397. The van der Waals surface area contributed by atoms with Crippen molar-refractivity contribution in [2.24, 2.45) is 0 Å². The monoisotopic (exact) mass is 251 g/mol. The molecule has 0 amide bonds. The van der Waals surface area contributed by atoms with Crippen LogP contribution in [0.4, 0.5) is 0 Å². The summed E-state index contributed by atoms with van der Waals surface area (Å²) in [4.78, 5) is 26.1. The second kappa shape index (κ2) is 6.85. The highest BCUT2D eigenvalue weighted by atomic mass is 32.2. The lowest BCUT2D eigenvalue weighted by Gasteiger charge is -2.02. The summed E-state index contributed by atoms with van der Waals surface area (Å²) in [5.41, 5.74) is 1.15. The maximum Gasteiger partial charge on any atom is 0.338 e. The first-order chi connectivity index (χ1) is 8.15. The van der Waals surface area contributed by atoms with Crippen molar-refractivity contribution < 1.29 is 14.3 Å². The summed E-state index contributed by atoms with van der Waals surface area (Å²) >= 11 is 1.21. The lowest BCUT2D eigenvalue weighted by atomic mass is 10.1. The Morgan fingerprint density at radius 1 is 1.53 bits per heavy atom. The highest BCUT2D eigenvalue weighted by Crippen LogP contribution is 2.11. The molecule has 1 rings (SSSR count). The number of rotatable bonds is 4. The molecule has 1 heterocycles. The first-order valence-corrected chi connectivity index (χ1v) is 5.96. The summed E-state index contributed by atoms with van der Waals surface area (Å²) < 4.78 is 4.66. The van der Waals surface area contributed by atoms with Crippen molar-refractivity contribution >= 4 is 28.9 Å². The molecule has 17 heavy (non-hydrogen) atoms. The van der Waals surface area contributed by atoms with E-state index in [9.17, 15) is 9.59 Å². The summed E-state index contributed by atoms with van der Waals surface area (Å²) in [6, 6.07) is 1.60. The zero-order valence-corrected chi connectivity index (χ0v) is 10.5. The fourth-order valence-corrected chi connectivity index (χ4v) is 1.60. The van der Waals surface area contributed by atoms with Gasteiger partial charge in [0.2, 0.25) is 0 Å². The van der Waals surface area contributed by atoms with Gasteiger partial charge in [-0.1, -0.05) is 23.9 Å². The van der Waals surface area contributed by atoms with E-state index in [0.29, 0.717) is 16.9 Å². The van der Waals surface area contributed by atoms with E-state index in [1.165, 1.54) is 32.0 Å². The summed E-state index contributed by atoms with van der Waals surface area (Å²) in [7, 11) is 1.34. The van der Waals surface area contributed by atoms with E-state index in [0.717, 1.165) is 0 Å². The molecule has 0 aliphatic heterocycles. The minimum absolute atomic E-state index is 0.0639. The average molecular weight is 251 g/mol. The molecule has 4 nitrogen and oxygen atoms in total. The average Bonchev–Trinajstić information content (AvgIpc) is 2.34. The molecule has 0 radical (unpaired) electrons. The third-order valence-electron chi connectivity index (χ3n) is 1.94. The summed E-state index contributed by atoms with van der Waals surface area (Å²) in [6.07, 6.45) is 6.69. The normalized spacial score (nSPS) is 10.5. The third kappa shape index (κ3) is 4.40. The highest BCUT2D eigenvalue weighted by molar-refractivity contribution is 8.13. The molecule has 0 saturated carbocycles. The van der Waals surface area contributed by atoms with Crippen molar-refractivity contribution in [2.45, 2.75) is 6.92 Å². The third-order valence-corrected chi connectivity index (χ3v) is 2.70. The van der Waals surface area contributed by atoms with Crippen molar-refractivity contribution in [1.82, 2.24) is 4.98 Å². The molecule has 0 N–H and O–H groups in total. The number of esters is 1. The number of carbonyl (C=O) groups is 2. The number of thioether (sulfide) groups is 1. The number of methoxy groups -OCH3 is 1. The Morgan fingerprint density at radius 3 is 2.94 bits per heavy atom. The molecule has 0 aliphatic rings. The molecular formula is C12H13NO3S. The van der Waals surface area contributed by atoms with Gasteiger partial charge in [-0.05, 0) is 6.07 Å². The van der Waals surface area contributed by atoms with Crippen LogP contribution in [0.1, 0.15) is 22.8 Å². The Hall–Kier alpha value is -1.62. The first-order valence-electron chi connectivity index (χ1n) is 4.97. The number of nitrogens with zero attached hydrogens (tertiary/aromatic N) is 1. The van der Waals surface area contributed by atoms with Crippen LogP contribution < -0.4 is 0 Å². The van der Waals surface area contributed by atoms with Gasteiger partial charge in [0, 0.05) is 30.6 Å². The highest BCUT2D eigenvalue weighted by Gasteiger charge is 2.08. The van der Waals surface area contributed by atoms with Gasteiger partial charge >= 0.3 is 5.97 Å². The molecule has 0 atom stereocenters. The quantitative estimate of drug-likeness (QED) is 0.767. The van der Waals surface area contributed by atoms with E-state index in [2.05, 4.69) is 9.72 Å². The fraction of sp³-hybridized carbons (Fsp3) is 0.250. The van der Waals surface area contributed by atoms with Crippen LogP contribution in [0.3, 0.4) is 0 Å². The van der Waals surface area contributed by atoms with Crippen molar-refractivity contribution in [2.75, 3.05) is 12.9 Å². The van der Waals surface area contributed by atoms with Crippen LogP contribution in [0.5, 0.6) is 0 Å². The standard InChI is InChI=1S/C12H13NO3S/c1-9(14)17-7-3-4-10-8-13-6-5-11(10)12(15)16-2/h3-6,8H,7H2,1-2H3. The Morgan fingerprint density at radius 2 is 2.29 bits per heavy atom. The van der Waals surface area contributed by atoms with Crippen LogP contribution >= 0.6 is 11.8 Å². The van der Waals surface area contributed by atoms with Crippen LogP contribution in [-0.2, 0) is 9.53 Å². The van der Waals surface area contributed by atoms with Gasteiger partial charge in [0.25, 0.3) is 0 Å². The lowest BCUT2D eigenvalue weighted by molar-refractivity contribution is -0.109. The molecule has 90 valence electrons. The number of hydrogen-bond acceptors (Lipinski definition) is 5. The number of hydrogen-bond donors (Lipinski definition) is 0. The van der Waals surface area contributed by atoms with Crippen LogP contribution in [0, 0.1) is 0 Å². The second-order valence-corrected chi connectivity index (χ2v) is 4.36. The maximum absolute atomic E-state index is 11.4. The SMILES string of the molecule is COC(=O)c1ccncc1C=CCSC(C)=O. The molecule has 0 saturated heterocycles. The van der Waals surface area contributed by atoms with Gasteiger partial charge < -0.3 is 4.74 Å². The zero-order chi connectivity index (χ0) is 12.7. The largest absolute Gasteiger partial charge is 0.465 e.